The molecule has 3 aromatic rings. The molecule has 152 valence electrons. The van der Waals surface area contributed by atoms with Crippen LogP contribution in [0.15, 0.2) is 42.6 Å². The summed E-state index contributed by atoms with van der Waals surface area (Å²) in [5.41, 5.74) is 3.40. The van der Waals surface area contributed by atoms with Gasteiger partial charge < -0.3 is 10.2 Å². The van der Waals surface area contributed by atoms with Crippen molar-refractivity contribution in [1.29, 1.82) is 0 Å². The van der Waals surface area contributed by atoms with Crippen LogP contribution in [0, 0.1) is 5.82 Å². The van der Waals surface area contributed by atoms with E-state index < -0.39 is 23.2 Å². The molecule has 0 spiro atoms. The Morgan fingerprint density at radius 1 is 1.13 bits per heavy atom. The first-order valence-electron chi connectivity index (χ1n) is 9.07. The van der Waals surface area contributed by atoms with Crippen LogP contribution in [0.1, 0.15) is 38.3 Å². The summed E-state index contributed by atoms with van der Waals surface area (Å²) in [6.45, 7) is 0.144. The Morgan fingerprint density at radius 2 is 1.87 bits per heavy atom. The van der Waals surface area contributed by atoms with Crippen LogP contribution in [-0.4, -0.2) is 44.5 Å². The number of carbonyl (C=O) groups is 3. The van der Waals surface area contributed by atoms with Crippen molar-refractivity contribution in [2.75, 3.05) is 6.54 Å². The minimum atomic E-state index is -1.41. The molecule has 1 saturated heterocycles. The molecule has 1 fully saturated rings. The van der Waals surface area contributed by atoms with Crippen LogP contribution in [0.3, 0.4) is 0 Å². The van der Waals surface area contributed by atoms with E-state index in [0.717, 1.165) is 16.6 Å². The van der Waals surface area contributed by atoms with Crippen molar-refractivity contribution in [2.24, 2.45) is 0 Å². The van der Waals surface area contributed by atoms with Gasteiger partial charge in [-0.1, -0.05) is 12.1 Å². The maximum Gasteiger partial charge on any atom is 0.339 e. The molecule has 30 heavy (non-hydrogen) atoms. The lowest BCUT2D eigenvalue weighted by atomic mass is 9.98. The number of fused-ring (bicyclic) bond motifs is 1. The molecule has 0 saturated carbocycles. The molecule has 2 heterocycles. The summed E-state index contributed by atoms with van der Waals surface area (Å²) < 4.78 is 13.1. The van der Waals surface area contributed by atoms with Gasteiger partial charge in [-0.2, -0.15) is 0 Å². The summed E-state index contributed by atoms with van der Waals surface area (Å²) in [6.07, 6.45) is 1.99. The Hall–Kier alpha value is -4.01. The summed E-state index contributed by atoms with van der Waals surface area (Å²) in [5.74, 6) is -3.24. The highest BCUT2D eigenvalue weighted by atomic mass is 19.1. The van der Waals surface area contributed by atoms with E-state index in [-0.39, 0.29) is 41.2 Å². The Morgan fingerprint density at radius 3 is 2.50 bits per heavy atom. The summed E-state index contributed by atoms with van der Waals surface area (Å²) >= 11 is 0. The molecule has 8 nitrogen and oxygen atoms in total. The van der Waals surface area contributed by atoms with Gasteiger partial charge in [0.1, 0.15) is 16.9 Å². The van der Waals surface area contributed by atoms with Gasteiger partial charge in [-0.05, 0) is 41.8 Å². The Labute approximate surface area is 169 Å². The highest BCUT2D eigenvalue weighted by molar-refractivity contribution is 6.12. The van der Waals surface area contributed by atoms with Crippen molar-refractivity contribution in [2.45, 2.75) is 12.8 Å². The van der Waals surface area contributed by atoms with E-state index in [1.54, 1.807) is 18.2 Å². The molecule has 1 aromatic heterocycles. The number of hydrazine groups is 1. The standard InChI is InChI=1S/C21H16FN3O5/c22-13-3-1-11(2-4-13)7-12-8-14-15(20(28)25-6-5-17(26)24-25)9-16(21(29)30)19(27)18(14)23-10-12/h1-4,8-10,27H,5-7H2,(H,24,26)(H,29,30). The van der Waals surface area contributed by atoms with E-state index in [2.05, 4.69) is 10.4 Å². The van der Waals surface area contributed by atoms with Crippen LogP contribution >= 0.6 is 0 Å². The molecule has 1 aliphatic heterocycles. The van der Waals surface area contributed by atoms with E-state index in [4.69, 9.17) is 0 Å². The number of carbonyl (C=O) groups excluding carboxylic acids is 2. The SMILES string of the molecule is O=C1CCN(C(=O)c2cc(C(=O)O)c(O)c3ncc(Cc4ccc(F)cc4)cc23)N1. The first-order chi connectivity index (χ1) is 14.3. The van der Waals surface area contributed by atoms with E-state index in [1.807, 2.05) is 0 Å². The van der Waals surface area contributed by atoms with Gasteiger partial charge in [0.05, 0.1) is 12.1 Å². The number of halogens is 1. The number of benzene rings is 2. The number of phenols is 1. The topological polar surface area (TPSA) is 120 Å². The van der Waals surface area contributed by atoms with Gasteiger partial charge >= 0.3 is 5.97 Å². The smallest absolute Gasteiger partial charge is 0.339 e. The normalized spacial score (nSPS) is 13.5. The zero-order chi connectivity index (χ0) is 21.4. The number of carboxylic acids is 1. The highest BCUT2D eigenvalue weighted by Crippen LogP contribution is 2.32. The maximum absolute atomic E-state index is 13.1. The molecule has 0 unspecified atom stereocenters. The third kappa shape index (κ3) is 3.52. The second-order valence-corrected chi connectivity index (χ2v) is 6.91. The fourth-order valence-electron chi connectivity index (χ4n) is 3.37. The van der Waals surface area contributed by atoms with E-state index in [0.29, 0.717) is 12.0 Å². The Kier molecular flexibility index (Phi) is 4.78. The van der Waals surface area contributed by atoms with Crippen LogP contribution < -0.4 is 5.43 Å². The molecule has 1 aliphatic rings. The van der Waals surface area contributed by atoms with Crippen LogP contribution in [0.4, 0.5) is 4.39 Å². The lowest BCUT2D eigenvalue weighted by Gasteiger charge is -2.18. The number of carboxylic acid groups (broad SMARTS) is 1. The maximum atomic E-state index is 13.1. The number of hydrogen-bond acceptors (Lipinski definition) is 5. The molecule has 0 aliphatic carbocycles. The molecular formula is C21H16FN3O5. The van der Waals surface area contributed by atoms with E-state index in [9.17, 15) is 29.0 Å². The number of aromatic nitrogens is 1. The molecule has 4 rings (SSSR count). The minimum absolute atomic E-state index is 0.00384. The van der Waals surface area contributed by atoms with E-state index >= 15 is 0 Å². The van der Waals surface area contributed by atoms with Gasteiger partial charge in [-0.3, -0.25) is 20.0 Å². The molecule has 0 bridgehead atoms. The predicted octanol–water partition coefficient (Wildman–Crippen LogP) is 2.25. The average molecular weight is 409 g/mol. The number of rotatable bonds is 4. The van der Waals surface area contributed by atoms with Crippen molar-refractivity contribution in [3.8, 4) is 5.75 Å². The molecule has 9 heteroatoms. The van der Waals surface area contributed by atoms with E-state index in [1.165, 1.54) is 18.3 Å². The second kappa shape index (κ2) is 7.43. The van der Waals surface area contributed by atoms with Crippen molar-refractivity contribution in [3.63, 3.8) is 0 Å². The fraction of sp³-hybridized carbons (Fsp3) is 0.143. The highest BCUT2D eigenvalue weighted by Gasteiger charge is 2.28. The van der Waals surface area contributed by atoms with Gasteiger partial charge in [0.15, 0.2) is 5.75 Å². The van der Waals surface area contributed by atoms with Crippen molar-refractivity contribution >= 4 is 28.7 Å². The van der Waals surface area contributed by atoms with Crippen molar-refractivity contribution in [3.05, 3.63) is 70.7 Å². The third-order valence-corrected chi connectivity index (χ3v) is 4.85. The predicted molar refractivity (Wildman–Crippen MR) is 103 cm³/mol. The summed E-state index contributed by atoms with van der Waals surface area (Å²) in [4.78, 5) is 40.2. The van der Waals surface area contributed by atoms with Gasteiger partial charge in [-0.25, -0.2) is 14.2 Å². The van der Waals surface area contributed by atoms with Crippen LogP contribution in [-0.2, 0) is 11.2 Å². The Balaban J connectivity index is 1.83. The monoisotopic (exact) mass is 409 g/mol. The fourth-order valence-corrected chi connectivity index (χ4v) is 3.37. The molecule has 2 aromatic carbocycles. The molecule has 0 atom stereocenters. The number of aromatic carboxylic acids is 1. The second-order valence-electron chi connectivity index (χ2n) is 6.91. The van der Waals surface area contributed by atoms with Gasteiger partial charge in [0, 0.05) is 18.0 Å². The quantitative estimate of drug-likeness (QED) is 0.608. The van der Waals surface area contributed by atoms with Gasteiger partial charge in [-0.15, -0.1) is 0 Å². The largest absolute Gasteiger partial charge is 0.505 e. The van der Waals surface area contributed by atoms with Gasteiger partial charge in [0.25, 0.3) is 5.91 Å². The Bertz CT molecular complexity index is 1190. The summed E-state index contributed by atoms with van der Waals surface area (Å²) in [7, 11) is 0. The van der Waals surface area contributed by atoms with Crippen LogP contribution in [0.2, 0.25) is 0 Å². The number of nitrogens with one attached hydrogen (secondary N) is 1. The number of hydrogen-bond donors (Lipinski definition) is 3. The number of aromatic hydroxyl groups is 1. The number of pyridine rings is 1. The van der Waals surface area contributed by atoms with Gasteiger partial charge in [0.2, 0.25) is 5.91 Å². The zero-order valence-corrected chi connectivity index (χ0v) is 15.6. The number of amides is 2. The zero-order valence-electron chi connectivity index (χ0n) is 15.6. The average Bonchev–Trinajstić information content (AvgIpc) is 3.15. The van der Waals surface area contributed by atoms with Crippen molar-refractivity contribution in [1.82, 2.24) is 15.4 Å². The molecule has 2 amide bonds. The van der Waals surface area contributed by atoms with Crippen LogP contribution in [0.25, 0.3) is 10.9 Å². The van der Waals surface area contributed by atoms with Crippen molar-refractivity contribution < 1.29 is 29.0 Å². The first kappa shape index (κ1) is 19.3. The first-order valence-corrected chi connectivity index (χ1v) is 9.07. The minimum Gasteiger partial charge on any atom is -0.505 e. The number of nitrogens with zero attached hydrogens (tertiary/aromatic N) is 2. The summed E-state index contributed by atoms with van der Waals surface area (Å²) in [5, 5.41) is 21.1. The van der Waals surface area contributed by atoms with Crippen LogP contribution in [0.5, 0.6) is 5.75 Å². The summed E-state index contributed by atoms with van der Waals surface area (Å²) in [6, 6.07) is 8.62. The lowest BCUT2D eigenvalue weighted by Crippen LogP contribution is -2.38. The molecule has 3 N–H and O–H groups in total. The third-order valence-electron chi connectivity index (χ3n) is 4.85. The lowest BCUT2D eigenvalue weighted by molar-refractivity contribution is -0.120. The molecule has 0 radical (unpaired) electrons. The molecular weight excluding hydrogens is 393 g/mol.